The van der Waals surface area contributed by atoms with E-state index in [2.05, 4.69) is 12.2 Å². The summed E-state index contributed by atoms with van der Waals surface area (Å²) in [7, 11) is 1.74. The molecule has 0 aliphatic heterocycles. The number of carbonyl (C=O) groups is 1. The van der Waals surface area contributed by atoms with Crippen LogP contribution in [0.4, 0.5) is 5.69 Å². The van der Waals surface area contributed by atoms with E-state index in [9.17, 15) is 9.59 Å². The zero-order valence-electron chi connectivity index (χ0n) is 16.1. The van der Waals surface area contributed by atoms with Crippen molar-refractivity contribution in [1.29, 1.82) is 0 Å². The van der Waals surface area contributed by atoms with E-state index in [0.717, 1.165) is 47.2 Å². The standard InChI is InChI=1S/C21H23N3O2S2/c1-3-13-8-4-6-10-15(13)22-17(25)12-27-21-23-19-18(20(26)24(21)2)14-9-5-7-11-16(14)28-19/h4,6,8,10H,3,5,7,9,11-12H2,1-2H3,(H,22,25). The lowest BCUT2D eigenvalue weighted by Gasteiger charge is -2.11. The first-order chi connectivity index (χ1) is 13.6. The molecule has 0 unspecified atom stereocenters. The minimum atomic E-state index is -0.0919. The predicted molar refractivity (Wildman–Crippen MR) is 117 cm³/mol. The Morgan fingerprint density at radius 1 is 1.29 bits per heavy atom. The van der Waals surface area contributed by atoms with Gasteiger partial charge in [0.1, 0.15) is 4.83 Å². The molecule has 2 aromatic heterocycles. The molecule has 1 amide bonds. The second kappa shape index (κ2) is 8.09. The zero-order valence-corrected chi connectivity index (χ0v) is 17.7. The number of nitrogens with zero attached hydrogens (tertiary/aromatic N) is 2. The fourth-order valence-electron chi connectivity index (χ4n) is 3.66. The molecule has 0 saturated carbocycles. The summed E-state index contributed by atoms with van der Waals surface area (Å²) < 4.78 is 1.59. The molecule has 7 heteroatoms. The summed E-state index contributed by atoms with van der Waals surface area (Å²) in [5.74, 6) is 0.125. The summed E-state index contributed by atoms with van der Waals surface area (Å²) in [6.07, 6.45) is 5.19. The number of thioether (sulfide) groups is 1. The van der Waals surface area contributed by atoms with Crippen LogP contribution in [0.1, 0.15) is 35.8 Å². The van der Waals surface area contributed by atoms with E-state index >= 15 is 0 Å². The lowest BCUT2D eigenvalue weighted by atomic mass is 9.97. The summed E-state index contributed by atoms with van der Waals surface area (Å²) in [6.45, 7) is 2.06. The molecule has 0 spiro atoms. The minimum Gasteiger partial charge on any atom is -0.325 e. The van der Waals surface area contributed by atoms with Crippen molar-refractivity contribution >= 4 is 44.9 Å². The van der Waals surface area contributed by atoms with Crippen LogP contribution in [0.2, 0.25) is 0 Å². The van der Waals surface area contributed by atoms with E-state index < -0.39 is 0 Å². The number of hydrogen-bond donors (Lipinski definition) is 1. The van der Waals surface area contributed by atoms with E-state index in [-0.39, 0.29) is 17.2 Å². The van der Waals surface area contributed by atoms with Gasteiger partial charge < -0.3 is 5.32 Å². The minimum absolute atomic E-state index is 0.00337. The molecule has 0 saturated heterocycles. The van der Waals surface area contributed by atoms with Crippen LogP contribution in [-0.2, 0) is 31.1 Å². The third kappa shape index (κ3) is 3.61. The number of hydrogen-bond acceptors (Lipinski definition) is 5. The lowest BCUT2D eigenvalue weighted by molar-refractivity contribution is -0.113. The maximum absolute atomic E-state index is 12.9. The maximum Gasteiger partial charge on any atom is 0.262 e. The van der Waals surface area contributed by atoms with Gasteiger partial charge in [0.2, 0.25) is 5.91 Å². The summed E-state index contributed by atoms with van der Waals surface area (Å²) >= 11 is 2.95. The molecule has 4 rings (SSSR count). The number of carbonyl (C=O) groups excluding carboxylic acids is 1. The Labute approximate surface area is 172 Å². The van der Waals surface area contributed by atoms with Crippen LogP contribution in [0.5, 0.6) is 0 Å². The number of amides is 1. The number of aryl methyl sites for hydroxylation is 3. The van der Waals surface area contributed by atoms with Gasteiger partial charge in [-0.2, -0.15) is 0 Å². The van der Waals surface area contributed by atoms with Crippen LogP contribution in [0, 0.1) is 0 Å². The molecule has 0 atom stereocenters. The Balaban J connectivity index is 1.54. The molecular formula is C21H23N3O2S2. The average Bonchev–Trinajstić information content (AvgIpc) is 3.08. The molecule has 2 heterocycles. The van der Waals surface area contributed by atoms with Crippen molar-refractivity contribution in [1.82, 2.24) is 9.55 Å². The topological polar surface area (TPSA) is 64.0 Å². The number of rotatable bonds is 5. The van der Waals surface area contributed by atoms with Gasteiger partial charge in [-0.1, -0.05) is 36.9 Å². The molecule has 146 valence electrons. The first-order valence-electron chi connectivity index (χ1n) is 9.60. The monoisotopic (exact) mass is 413 g/mol. The highest BCUT2D eigenvalue weighted by molar-refractivity contribution is 7.99. The summed E-state index contributed by atoms with van der Waals surface area (Å²) in [5.41, 5.74) is 3.16. The van der Waals surface area contributed by atoms with Gasteiger partial charge in [0.05, 0.1) is 11.1 Å². The Bertz CT molecular complexity index is 1100. The van der Waals surface area contributed by atoms with Crippen molar-refractivity contribution in [2.75, 3.05) is 11.1 Å². The van der Waals surface area contributed by atoms with Crippen LogP contribution in [0.15, 0.2) is 34.2 Å². The molecule has 1 aliphatic rings. The Hall–Kier alpha value is -2.12. The van der Waals surface area contributed by atoms with Crippen molar-refractivity contribution in [2.45, 2.75) is 44.2 Å². The molecule has 3 aromatic rings. The number of nitrogens with one attached hydrogen (secondary N) is 1. The number of benzene rings is 1. The van der Waals surface area contributed by atoms with Crippen molar-refractivity contribution in [2.24, 2.45) is 7.05 Å². The molecule has 0 bridgehead atoms. The third-order valence-electron chi connectivity index (χ3n) is 5.16. The molecule has 1 aromatic carbocycles. The Morgan fingerprint density at radius 2 is 2.07 bits per heavy atom. The van der Waals surface area contributed by atoms with Gasteiger partial charge in [-0.05, 0) is 49.3 Å². The molecule has 28 heavy (non-hydrogen) atoms. The highest BCUT2D eigenvalue weighted by Crippen LogP contribution is 2.34. The molecular weight excluding hydrogens is 390 g/mol. The smallest absolute Gasteiger partial charge is 0.262 e. The largest absolute Gasteiger partial charge is 0.325 e. The normalized spacial score (nSPS) is 13.5. The van der Waals surface area contributed by atoms with Gasteiger partial charge >= 0.3 is 0 Å². The Kier molecular flexibility index (Phi) is 5.55. The molecule has 0 radical (unpaired) electrons. The van der Waals surface area contributed by atoms with E-state index in [1.54, 1.807) is 23.0 Å². The van der Waals surface area contributed by atoms with Crippen molar-refractivity contribution in [3.63, 3.8) is 0 Å². The van der Waals surface area contributed by atoms with Gasteiger partial charge in [-0.25, -0.2) is 4.98 Å². The van der Waals surface area contributed by atoms with Gasteiger partial charge in [0.15, 0.2) is 5.16 Å². The van der Waals surface area contributed by atoms with Gasteiger partial charge in [0, 0.05) is 17.6 Å². The van der Waals surface area contributed by atoms with E-state index in [1.807, 2.05) is 24.3 Å². The fraction of sp³-hybridized carbons (Fsp3) is 0.381. The zero-order chi connectivity index (χ0) is 19.7. The fourth-order valence-corrected chi connectivity index (χ4v) is 5.74. The Morgan fingerprint density at radius 3 is 2.89 bits per heavy atom. The summed E-state index contributed by atoms with van der Waals surface area (Å²) in [4.78, 5) is 32.2. The van der Waals surface area contributed by atoms with Crippen LogP contribution in [-0.4, -0.2) is 21.2 Å². The predicted octanol–water partition coefficient (Wildman–Crippen LogP) is 4.17. The van der Waals surface area contributed by atoms with Gasteiger partial charge in [-0.3, -0.25) is 14.2 Å². The van der Waals surface area contributed by atoms with Crippen LogP contribution < -0.4 is 10.9 Å². The van der Waals surface area contributed by atoms with Crippen LogP contribution in [0.25, 0.3) is 10.2 Å². The second-order valence-corrected chi connectivity index (χ2v) is 9.02. The maximum atomic E-state index is 12.9. The van der Waals surface area contributed by atoms with E-state index in [4.69, 9.17) is 4.98 Å². The quantitative estimate of drug-likeness (QED) is 0.504. The van der Waals surface area contributed by atoms with Crippen molar-refractivity contribution in [3.8, 4) is 0 Å². The molecule has 0 fully saturated rings. The summed E-state index contributed by atoms with van der Waals surface area (Å²) in [6, 6.07) is 7.82. The first kappa shape index (κ1) is 19.2. The van der Waals surface area contributed by atoms with Crippen molar-refractivity contribution < 1.29 is 4.79 Å². The highest BCUT2D eigenvalue weighted by Gasteiger charge is 2.21. The van der Waals surface area contributed by atoms with E-state index in [1.165, 1.54) is 28.6 Å². The number of para-hydroxylation sites is 1. The van der Waals surface area contributed by atoms with Crippen LogP contribution in [0.3, 0.4) is 0 Å². The average molecular weight is 414 g/mol. The van der Waals surface area contributed by atoms with Gasteiger partial charge in [0.25, 0.3) is 5.56 Å². The number of fused-ring (bicyclic) bond motifs is 3. The third-order valence-corrected chi connectivity index (χ3v) is 7.38. The number of anilines is 1. The SMILES string of the molecule is CCc1ccccc1NC(=O)CSc1nc2sc3c(c2c(=O)n1C)CCCC3. The molecule has 1 aliphatic carbocycles. The van der Waals surface area contributed by atoms with E-state index in [0.29, 0.717) is 5.16 Å². The second-order valence-electron chi connectivity index (χ2n) is 7.00. The highest BCUT2D eigenvalue weighted by atomic mass is 32.2. The first-order valence-corrected chi connectivity index (χ1v) is 11.4. The molecule has 5 nitrogen and oxygen atoms in total. The lowest BCUT2D eigenvalue weighted by Crippen LogP contribution is -2.22. The number of aromatic nitrogens is 2. The number of thiophene rings is 1. The van der Waals surface area contributed by atoms with Crippen LogP contribution >= 0.6 is 23.1 Å². The van der Waals surface area contributed by atoms with Gasteiger partial charge in [-0.15, -0.1) is 11.3 Å². The van der Waals surface area contributed by atoms with Crippen molar-refractivity contribution in [3.05, 3.63) is 50.6 Å². The summed E-state index contributed by atoms with van der Waals surface area (Å²) in [5, 5.41) is 4.35. The molecule has 1 N–H and O–H groups in total.